The summed E-state index contributed by atoms with van der Waals surface area (Å²) in [7, 11) is 6.35. The number of hydrogen-bond acceptors (Lipinski definition) is 6. The third-order valence-corrected chi connectivity index (χ3v) is 6.19. The minimum Gasteiger partial charge on any atom is -0.474 e. The number of pyridine rings is 2. The van der Waals surface area contributed by atoms with Crippen molar-refractivity contribution in [2.24, 2.45) is 0 Å². The molecular weight excluding hydrogens is 400 g/mol. The number of aliphatic hydroxyl groups excluding tert-OH is 1. The minimum atomic E-state index is -0.202. The van der Waals surface area contributed by atoms with Crippen LogP contribution in [-0.4, -0.2) is 66.4 Å². The Kier molecular flexibility index (Phi) is 7.22. The van der Waals surface area contributed by atoms with Crippen LogP contribution in [-0.2, 0) is 0 Å². The molecule has 0 unspecified atom stereocenters. The first-order valence-corrected chi connectivity index (χ1v) is 11.6. The monoisotopic (exact) mass is 434 g/mol. The number of benzene rings is 1. The van der Waals surface area contributed by atoms with Crippen molar-refractivity contribution < 1.29 is 9.84 Å². The van der Waals surface area contributed by atoms with Gasteiger partial charge in [0, 0.05) is 31.0 Å². The number of fused-ring (bicyclic) bond motifs is 1. The van der Waals surface area contributed by atoms with E-state index in [2.05, 4.69) is 60.2 Å². The van der Waals surface area contributed by atoms with Gasteiger partial charge in [-0.15, -0.1) is 0 Å². The van der Waals surface area contributed by atoms with Gasteiger partial charge >= 0.3 is 0 Å². The van der Waals surface area contributed by atoms with Crippen molar-refractivity contribution in [3.63, 3.8) is 0 Å². The highest BCUT2D eigenvalue weighted by Crippen LogP contribution is 2.31. The van der Waals surface area contributed by atoms with E-state index in [0.717, 1.165) is 67.4 Å². The van der Waals surface area contributed by atoms with Gasteiger partial charge in [0.1, 0.15) is 6.10 Å². The molecule has 1 N–H and O–H groups in total. The number of hydrogen-bond donors (Lipinski definition) is 1. The molecule has 1 aliphatic carbocycles. The molecule has 0 atom stereocenters. The number of rotatable bonds is 8. The second-order valence-electron chi connectivity index (χ2n) is 9.06. The molecule has 2 heterocycles. The van der Waals surface area contributed by atoms with Crippen molar-refractivity contribution in [2.75, 3.05) is 39.1 Å². The lowest BCUT2D eigenvalue weighted by Gasteiger charge is -2.26. The Hall–Kier alpha value is -2.70. The van der Waals surface area contributed by atoms with Crippen molar-refractivity contribution in [3.8, 4) is 17.1 Å². The maximum absolute atomic E-state index is 9.80. The van der Waals surface area contributed by atoms with Gasteiger partial charge in [-0.05, 0) is 83.1 Å². The van der Waals surface area contributed by atoms with Gasteiger partial charge in [0.05, 0.1) is 22.7 Å². The van der Waals surface area contributed by atoms with Crippen LogP contribution in [0.1, 0.15) is 32.1 Å². The fourth-order valence-electron chi connectivity index (χ4n) is 4.24. The Balaban J connectivity index is 1.54. The predicted molar refractivity (Wildman–Crippen MR) is 130 cm³/mol. The first-order chi connectivity index (χ1) is 15.5. The summed E-state index contributed by atoms with van der Waals surface area (Å²) in [6.07, 6.45) is 6.08. The van der Waals surface area contributed by atoms with E-state index in [4.69, 9.17) is 9.72 Å². The van der Waals surface area contributed by atoms with E-state index in [-0.39, 0.29) is 12.2 Å². The van der Waals surface area contributed by atoms with E-state index in [0.29, 0.717) is 5.88 Å². The summed E-state index contributed by atoms with van der Waals surface area (Å²) in [5.74, 6) is 0.636. The molecule has 1 aromatic carbocycles. The van der Waals surface area contributed by atoms with Crippen molar-refractivity contribution in [2.45, 2.75) is 44.3 Å². The van der Waals surface area contributed by atoms with Crippen LogP contribution < -0.4 is 9.64 Å². The summed E-state index contributed by atoms with van der Waals surface area (Å²) in [4.78, 5) is 13.9. The van der Waals surface area contributed by atoms with E-state index >= 15 is 0 Å². The third kappa shape index (κ3) is 5.56. The minimum absolute atomic E-state index is 0.0859. The van der Waals surface area contributed by atoms with E-state index < -0.39 is 0 Å². The molecule has 1 saturated carbocycles. The van der Waals surface area contributed by atoms with Gasteiger partial charge in [0.25, 0.3) is 0 Å². The summed E-state index contributed by atoms with van der Waals surface area (Å²) < 4.78 is 6.33. The van der Waals surface area contributed by atoms with Crippen molar-refractivity contribution >= 4 is 16.6 Å². The molecule has 1 fully saturated rings. The molecule has 0 spiro atoms. The summed E-state index contributed by atoms with van der Waals surface area (Å²) in [6.45, 7) is 2.10. The van der Waals surface area contributed by atoms with Crippen LogP contribution in [0.4, 0.5) is 5.69 Å². The van der Waals surface area contributed by atoms with Crippen LogP contribution in [0.5, 0.6) is 5.88 Å². The summed E-state index contributed by atoms with van der Waals surface area (Å²) in [6, 6.07) is 14.5. The third-order valence-electron chi connectivity index (χ3n) is 6.19. The highest BCUT2D eigenvalue weighted by molar-refractivity contribution is 5.87. The molecule has 6 heteroatoms. The van der Waals surface area contributed by atoms with E-state index in [1.54, 1.807) is 6.20 Å². The van der Waals surface area contributed by atoms with Gasteiger partial charge in [-0.1, -0.05) is 12.1 Å². The Labute approximate surface area is 190 Å². The topological polar surface area (TPSA) is 61.7 Å². The van der Waals surface area contributed by atoms with Crippen molar-refractivity contribution in [1.82, 2.24) is 14.9 Å². The largest absolute Gasteiger partial charge is 0.474 e. The molecule has 0 amide bonds. The van der Waals surface area contributed by atoms with Gasteiger partial charge in [-0.3, -0.25) is 4.98 Å². The number of nitrogens with zero attached hydrogens (tertiary/aromatic N) is 4. The molecule has 170 valence electrons. The molecule has 0 aliphatic heterocycles. The van der Waals surface area contributed by atoms with Gasteiger partial charge in [-0.25, -0.2) is 4.98 Å². The van der Waals surface area contributed by atoms with Crippen LogP contribution >= 0.6 is 0 Å². The second-order valence-corrected chi connectivity index (χ2v) is 9.06. The lowest BCUT2D eigenvalue weighted by atomic mass is 9.95. The van der Waals surface area contributed by atoms with Gasteiger partial charge in [0.2, 0.25) is 5.88 Å². The quantitative estimate of drug-likeness (QED) is 0.568. The smallest absolute Gasteiger partial charge is 0.223 e. The number of aromatic nitrogens is 2. The number of aliphatic hydroxyl groups is 1. The van der Waals surface area contributed by atoms with Crippen molar-refractivity contribution in [3.05, 3.63) is 48.7 Å². The van der Waals surface area contributed by atoms with Gasteiger partial charge in [-0.2, -0.15) is 0 Å². The van der Waals surface area contributed by atoms with E-state index in [9.17, 15) is 5.11 Å². The highest BCUT2D eigenvalue weighted by Gasteiger charge is 2.22. The van der Waals surface area contributed by atoms with E-state index in [1.165, 1.54) is 5.69 Å². The normalized spacial score (nSPS) is 18.8. The highest BCUT2D eigenvalue weighted by atomic mass is 16.5. The van der Waals surface area contributed by atoms with Crippen LogP contribution in [0.3, 0.4) is 0 Å². The fourth-order valence-corrected chi connectivity index (χ4v) is 4.24. The molecule has 6 nitrogen and oxygen atoms in total. The maximum Gasteiger partial charge on any atom is 0.223 e. The lowest BCUT2D eigenvalue weighted by molar-refractivity contribution is 0.0652. The molecule has 1 aliphatic rings. The zero-order valence-electron chi connectivity index (χ0n) is 19.4. The zero-order chi connectivity index (χ0) is 22.5. The number of anilines is 1. The summed E-state index contributed by atoms with van der Waals surface area (Å²) >= 11 is 0. The summed E-state index contributed by atoms with van der Waals surface area (Å²) in [5.41, 5.74) is 3.99. The molecule has 2 aromatic heterocycles. The maximum atomic E-state index is 9.80. The molecule has 0 radical (unpaired) electrons. The van der Waals surface area contributed by atoms with Crippen LogP contribution in [0.2, 0.25) is 0 Å². The van der Waals surface area contributed by atoms with Crippen LogP contribution in [0.15, 0.2) is 48.7 Å². The Morgan fingerprint density at radius 3 is 2.47 bits per heavy atom. The second kappa shape index (κ2) is 10.3. The molecule has 0 bridgehead atoms. The Morgan fingerprint density at radius 1 is 1.00 bits per heavy atom. The van der Waals surface area contributed by atoms with Gasteiger partial charge in [0.15, 0.2) is 0 Å². The first kappa shape index (κ1) is 22.5. The first-order valence-electron chi connectivity index (χ1n) is 11.6. The molecule has 3 aromatic rings. The SMILES string of the molecule is CN(C)CCCN(C)c1ccc(-c2cc3ncccc3c(OC3CCC(O)CC3)n2)cc1. The standard InChI is InChI=1S/C26H34N4O2/c1-29(2)16-5-17-30(3)20-9-7-19(8-10-20)24-18-25-23(6-4-15-27-25)26(28-24)32-22-13-11-21(31)12-14-22/h4,6-10,15,18,21-22,31H,5,11-14,16-17H2,1-3H3. The average Bonchev–Trinajstić information content (AvgIpc) is 2.80. The predicted octanol–water partition coefficient (Wildman–Crippen LogP) is 4.37. The molecule has 0 saturated heterocycles. The molecular formula is C26H34N4O2. The Bertz CT molecular complexity index is 1010. The lowest BCUT2D eigenvalue weighted by Crippen LogP contribution is -2.26. The summed E-state index contributed by atoms with van der Waals surface area (Å²) in [5, 5.41) is 10.7. The molecule has 4 rings (SSSR count). The van der Waals surface area contributed by atoms with E-state index in [1.807, 2.05) is 18.2 Å². The molecule has 32 heavy (non-hydrogen) atoms. The Morgan fingerprint density at radius 2 is 1.75 bits per heavy atom. The number of ether oxygens (including phenoxy) is 1. The van der Waals surface area contributed by atoms with Crippen LogP contribution in [0, 0.1) is 0 Å². The zero-order valence-corrected chi connectivity index (χ0v) is 19.4. The van der Waals surface area contributed by atoms with Gasteiger partial charge < -0.3 is 19.6 Å². The van der Waals surface area contributed by atoms with Crippen molar-refractivity contribution in [1.29, 1.82) is 0 Å². The van der Waals surface area contributed by atoms with Crippen LogP contribution in [0.25, 0.3) is 22.2 Å². The average molecular weight is 435 g/mol. The fraction of sp³-hybridized carbons (Fsp3) is 0.462.